The van der Waals surface area contributed by atoms with Crippen LogP contribution < -0.4 is 15.2 Å². The van der Waals surface area contributed by atoms with Crippen LogP contribution in [0.4, 0.5) is 14.4 Å². The van der Waals surface area contributed by atoms with Gasteiger partial charge >= 0.3 is 24.4 Å². The molecule has 0 radical (unpaired) electrons. The minimum absolute atomic E-state index is 0.00346. The minimum atomic E-state index is -1.11. The minimum Gasteiger partial charge on any atom is -0.458 e. The highest BCUT2D eigenvalue weighted by atomic mass is 16.8. The van der Waals surface area contributed by atoms with Crippen LogP contribution >= 0.6 is 0 Å². The molecule has 42 heavy (non-hydrogen) atoms. The number of nitrogens with two attached hydrogens (primary N) is 1. The molecule has 1 aromatic carbocycles. The second-order valence-corrected chi connectivity index (χ2v) is 10.8. The fourth-order valence-corrected chi connectivity index (χ4v) is 3.32. The van der Waals surface area contributed by atoms with Crippen molar-refractivity contribution in [1.29, 1.82) is 0 Å². The molecule has 0 aliphatic heterocycles. The molecule has 0 bridgehead atoms. The summed E-state index contributed by atoms with van der Waals surface area (Å²) >= 11 is 0. The summed E-state index contributed by atoms with van der Waals surface area (Å²) in [4.78, 5) is 49.0. The summed E-state index contributed by atoms with van der Waals surface area (Å²) < 4.78 is 36.4. The van der Waals surface area contributed by atoms with Crippen LogP contribution in [0.3, 0.4) is 0 Å². The molecule has 238 valence electrons. The van der Waals surface area contributed by atoms with Crippen LogP contribution in [0.1, 0.15) is 92.6 Å². The maximum atomic E-state index is 12.7. The van der Waals surface area contributed by atoms with Crippen LogP contribution in [-0.2, 0) is 34.9 Å². The van der Waals surface area contributed by atoms with Crippen LogP contribution in [0.25, 0.3) is 0 Å². The molecule has 0 amide bonds. The Morgan fingerprint density at radius 1 is 0.762 bits per heavy atom. The van der Waals surface area contributed by atoms with E-state index in [1.165, 1.54) is 12.1 Å². The monoisotopic (exact) mass is 597 g/mol. The number of carbonyl (C=O) groups excluding carboxylic acids is 4. The Morgan fingerprint density at radius 3 is 1.81 bits per heavy atom. The molecular formula is C30H47NO11. The SMILES string of the molecule is CCCCCOC(=O)Oc1ccc(C[C@H](N)C(=O)O[C@@H](C)[C@H](C)OC(=O)OC(C)(C)C)cc1OC(=O)OCCCCC. The zero-order chi connectivity index (χ0) is 31.7. The lowest BCUT2D eigenvalue weighted by atomic mass is 10.1. The van der Waals surface area contributed by atoms with E-state index in [2.05, 4.69) is 0 Å². The molecule has 0 aliphatic rings. The van der Waals surface area contributed by atoms with E-state index in [9.17, 15) is 19.2 Å². The van der Waals surface area contributed by atoms with Gasteiger partial charge in [-0.3, -0.25) is 4.79 Å². The highest BCUT2D eigenvalue weighted by molar-refractivity contribution is 5.76. The maximum Gasteiger partial charge on any atom is 0.513 e. The van der Waals surface area contributed by atoms with Crippen molar-refractivity contribution in [2.45, 2.75) is 117 Å². The Balaban J connectivity index is 2.88. The van der Waals surface area contributed by atoms with Gasteiger partial charge in [0, 0.05) is 0 Å². The number of hydrogen-bond acceptors (Lipinski definition) is 12. The van der Waals surface area contributed by atoms with E-state index < -0.39 is 48.3 Å². The third-order valence-electron chi connectivity index (χ3n) is 5.72. The summed E-state index contributed by atoms with van der Waals surface area (Å²) in [6.07, 6.45) is 0.666. The number of benzene rings is 1. The van der Waals surface area contributed by atoms with E-state index in [4.69, 9.17) is 38.9 Å². The Kier molecular flexibility index (Phi) is 16.3. The largest absolute Gasteiger partial charge is 0.513 e. The normalized spacial score (nSPS) is 13.2. The third-order valence-corrected chi connectivity index (χ3v) is 5.72. The second-order valence-electron chi connectivity index (χ2n) is 10.8. The first-order chi connectivity index (χ1) is 19.7. The van der Waals surface area contributed by atoms with Gasteiger partial charge in [0.05, 0.1) is 13.2 Å². The van der Waals surface area contributed by atoms with E-state index in [-0.39, 0.29) is 31.1 Å². The number of ether oxygens (including phenoxy) is 7. The summed E-state index contributed by atoms with van der Waals surface area (Å²) in [5.41, 5.74) is 5.84. The predicted octanol–water partition coefficient (Wildman–Crippen LogP) is 6.24. The Labute approximate surface area is 248 Å². The Morgan fingerprint density at radius 2 is 1.29 bits per heavy atom. The highest BCUT2D eigenvalue weighted by Crippen LogP contribution is 2.30. The zero-order valence-corrected chi connectivity index (χ0v) is 25.9. The number of carbonyl (C=O) groups is 4. The van der Waals surface area contributed by atoms with Crippen LogP contribution in [0, 0.1) is 0 Å². The molecule has 12 heteroatoms. The summed E-state index contributed by atoms with van der Waals surface area (Å²) in [7, 11) is 0. The smallest absolute Gasteiger partial charge is 0.458 e. The number of esters is 1. The molecular weight excluding hydrogens is 550 g/mol. The van der Waals surface area contributed by atoms with Gasteiger partial charge in [-0.1, -0.05) is 45.6 Å². The fourth-order valence-electron chi connectivity index (χ4n) is 3.32. The summed E-state index contributed by atoms with van der Waals surface area (Å²) in [6, 6.07) is 3.27. The van der Waals surface area contributed by atoms with E-state index in [0.717, 1.165) is 25.7 Å². The first-order valence-corrected chi connectivity index (χ1v) is 14.4. The maximum absolute atomic E-state index is 12.7. The lowest BCUT2D eigenvalue weighted by Crippen LogP contribution is -2.40. The van der Waals surface area contributed by atoms with Crippen molar-refractivity contribution < 1.29 is 52.3 Å². The molecule has 0 aliphatic carbocycles. The molecule has 0 saturated carbocycles. The van der Waals surface area contributed by atoms with E-state index >= 15 is 0 Å². The molecule has 0 aromatic heterocycles. The molecule has 12 nitrogen and oxygen atoms in total. The van der Waals surface area contributed by atoms with Crippen molar-refractivity contribution in [1.82, 2.24) is 0 Å². The topological polar surface area (TPSA) is 159 Å². The van der Waals surface area contributed by atoms with Gasteiger partial charge in [0.15, 0.2) is 11.5 Å². The van der Waals surface area contributed by atoms with Gasteiger partial charge in [-0.15, -0.1) is 0 Å². The second kappa shape index (κ2) is 18.8. The van der Waals surface area contributed by atoms with Crippen LogP contribution in [-0.4, -0.2) is 61.5 Å². The molecule has 0 spiro atoms. The molecule has 0 heterocycles. The molecule has 1 rings (SSSR count). The average molecular weight is 598 g/mol. The molecule has 2 N–H and O–H groups in total. The van der Waals surface area contributed by atoms with Crippen LogP contribution in [0.5, 0.6) is 11.5 Å². The molecule has 0 unspecified atom stereocenters. The molecule has 0 saturated heterocycles. The number of rotatable bonds is 16. The van der Waals surface area contributed by atoms with Gasteiger partial charge < -0.3 is 38.9 Å². The van der Waals surface area contributed by atoms with Crippen LogP contribution in [0.2, 0.25) is 0 Å². The van der Waals surface area contributed by atoms with Crippen molar-refractivity contribution >= 4 is 24.4 Å². The fraction of sp³-hybridized carbons (Fsp3) is 0.667. The van der Waals surface area contributed by atoms with E-state index in [1.807, 2.05) is 13.8 Å². The first-order valence-electron chi connectivity index (χ1n) is 14.4. The summed E-state index contributed by atoms with van der Waals surface area (Å²) in [5.74, 6) is -0.912. The van der Waals surface area contributed by atoms with Crippen molar-refractivity contribution in [3.8, 4) is 11.5 Å². The lowest BCUT2D eigenvalue weighted by molar-refractivity contribution is -0.156. The average Bonchev–Trinajstić information content (AvgIpc) is 2.89. The quantitative estimate of drug-likeness (QED) is 0.0990. The van der Waals surface area contributed by atoms with Crippen molar-refractivity contribution in [3.63, 3.8) is 0 Å². The standard InChI is InChI=1S/C30H47NO11/c1-8-10-12-16-36-27(33)40-24-15-14-22(19-25(24)41-28(34)37-17-13-11-9-2)18-23(31)26(32)38-20(3)21(4)39-29(35)42-30(5,6)7/h14-15,19-21,23H,8-13,16-18,31H2,1-7H3/t20-,21-,23-/m0/s1. The molecule has 1 aromatic rings. The van der Waals surface area contributed by atoms with Gasteiger partial charge in [-0.25, -0.2) is 14.4 Å². The van der Waals surface area contributed by atoms with Gasteiger partial charge in [-0.05, 0) is 71.6 Å². The van der Waals surface area contributed by atoms with E-state index in [0.29, 0.717) is 18.4 Å². The lowest BCUT2D eigenvalue weighted by Gasteiger charge is -2.24. The van der Waals surface area contributed by atoms with Crippen molar-refractivity contribution in [2.75, 3.05) is 13.2 Å². The predicted molar refractivity (Wildman–Crippen MR) is 153 cm³/mol. The Bertz CT molecular complexity index is 1010. The molecule has 0 fully saturated rings. The number of hydrogen-bond donors (Lipinski definition) is 1. The van der Waals surface area contributed by atoms with Gasteiger partial charge in [0.2, 0.25) is 0 Å². The first kappa shape index (κ1) is 36.5. The highest BCUT2D eigenvalue weighted by Gasteiger charge is 2.27. The van der Waals surface area contributed by atoms with Crippen molar-refractivity contribution in [3.05, 3.63) is 23.8 Å². The molecule has 3 atom stereocenters. The van der Waals surface area contributed by atoms with Gasteiger partial charge in [0.1, 0.15) is 23.9 Å². The van der Waals surface area contributed by atoms with Gasteiger partial charge in [0.25, 0.3) is 0 Å². The van der Waals surface area contributed by atoms with Crippen LogP contribution in [0.15, 0.2) is 18.2 Å². The van der Waals surface area contributed by atoms with Crippen molar-refractivity contribution in [2.24, 2.45) is 5.73 Å². The third kappa shape index (κ3) is 15.5. The summed E-state index contributed by atoms with van der Waals surface area (Å²) in [5, 5.41) is 0. The zero-order valence-electron chi connectivity index (χ0n) is 25.9. The van der Waals surface area contributed by atoms with E-state index in [1.54, 1.807) is 40.7 Å². The number of unbranched alkanes of at least 4 members (excludes halogenated alkanes) is 4. The Hall–Kier alpha value is -3.54. The summed E-state index contributed by atoms with van der Waals surface area (Å²) in [6.45, 7) is 12.6. The van der Waals surface area contributed by atoms with Gasteiger partial charge in [-0.2, -0.15) is 0 Å².